The Morgan fingerprint density at radius 3 is 2.92 bits per heavy atom. The van der Waals surface area contributed by atoms with Crippen molar-refractivity contribution in [1.29, 1.82) is 0 Å². The van der Waals surface area contributed by atoms with E-state index >= 15 is 0 Å². The highest BCUT2D eigenvalue weighted by atomic mass is 35.5. The lowest BCUT2D eigenvalue weighted by molar-refractivity contribution is 1.24. The van der Waals surface area contributed by atoms with E-state index in [0.29, 0.717) is 5.95 Å². The molecule has 0 atom stereocenters. The smallest absolute Gasteiger partial charge is 0.238 e. The van der Waals surface area contributed by atoms with Gasteiger partial charge in [-0.1, -0.05) is 18.2 Å². The summed E-state index contributed by atoms with van der Waals surface area (Å²) >= 11 is 5.35. The van der Waals surface area contributed by atoms with E-state index in [-0.39, 0.29) is 0 Å². The molecule has 0 fully saturated rings. The van der Waals surface area contributed by atoms with Gasteiger partial charge in [-0.2, -0.15) is 0 Å². The van der Waals surface area contributed by atoms with Crippen molar-refractivity contribution in [3.63, 3.8) is 0 Å². The summed E-state index contributed by atoms with van der Waals surface area (Å²) in [5, 5.41) is 1.01. The van der Waals surface area contributed by atoms with Crippen LogP contribution in [0.2, 0.25) is 0 Å². The fraction of sp³-hybridized carbons (Fsp3) is 0. The fourth-order valence-corrected chi connectivity index (χ4v) is 1.11. The molecule has 0 amide bonds. The number of para-hydroxylation sites is 1. The Morgan fingerprint density at radius 2 is 2.08 bits per heavy atom. The van der Waals surface area contributed by atoms with Gasteiger partial charge in [0.1, 0.15) is 0 Å². The second-order valence-electron chi connectivity index (χ2n) is 2.35. The molecule has 0 saturated carbocycles. The summed E-state index contributed by atoms with van der Waals surface area (Å²) in [6.45, 7) is 0. The van der Waals surface area contributed by atoms with Crippen molar-refractivity contribution in [2.75, 3.05) is 4.84 Å². The average Bonchev–Trinajstić information content (AvgIpc) is 2.17. The van der Waals surface area contributed by atoms with Gasteiger partial charge in [0.25, 0.3) is 0 Å². The lowest BCUT2D eigenvalue weighted by atomic mass is 10.2. The minimum atomic E-state index is 0.426. The van der Waals surface area contributed by atoms with E-state index < -0.39 is 0 Å². The Bertz CT molecular complexity index is 402. The molecular weight excluding hydrogens is 174 g/mol. The first-order chi connectivity index (χ1) is 5.90. The highest BCUT2D eigenvalue weighted by Gasteiger charge is 1.95. The number of halogens is 1. The highest BCUT2D eigenvalue weighted by molar-refractivity contribution is 6.23. The van der Waals surface area contributed by atoms with Crippen LogP contribution in [0.25, 0.3) is 10.9 Å². The number of fused-ring (bicyclic) bond motifs is 1. The number of anilines is 1. The summed E-state index contributed by atoms with van der Waals surface area (Å²) in [7, 11) is 0. The Balaban J connectivity index is 2.67. The summed E-state index contributed by atoms with van der Waals surface area (Å²) in [4.78, 5) is 10.5. The van der Waals surface area contributed by atoms with Crippen LogP contribution in [0.5, 0.6) is 0 Å². The fourth-order valence-electron chi connectivity index (χ4n) is 1.02. The van der Waals surface area contributed by atoms with Crippen LogP contribution in [0.15, 0.2) is 30.5 Å². The van der Waals surface area contributed by atoms with Crippen molar-refractivity contribution in [2.45, 2.75) is 0 Å². The van der Waals surface area contributed by atoms with E-state index in [2.05, 4.69) is 14.8 Å². The molecule has 0 aliphatic rings. The molecule has 0 aliphatic carbocycles. The predicted octanol–water partition coefficient (Wildman–Crippen LogP) is 2.20. The summed E-state index contributed by atoms with van der Waals surface area (Å²) < 4.78 is 0. The molecule has 3 nitrogen and oxygen atoms in total. The number of hydrogen-bond acceptors (Lipinski definition) is 3. The lowest BCUT2D eigenvalue weighted by Crippen LogP contribution is -1.90. The van der Waals surface area contributed by atoms with Crippen molar-refractivity contribution in [3.8, 4) is 0 Å². The maximum Gasteiger partial charge on any atom is 0.238 e. The molecule has 0 aliphatic heterocycles. The van der Waals surface area contributed by atoms with Crippen LogP contribution in [-0.4, -0.2) is 9.97 Å². The van der Waals surface area contributed by atoms with Gasteiger partial charge in [-0.15, -0.1) is 0 Å². The quantitative estimate of drug-likeness (QED) is 0.682. The van der Waals surface area contributed by atoms with Gasteiger partial charge in [0.05, 0.1) is 5.52 Å². The Morgan fingerprint density at radius 1 is 1.25 bits per heavy atom. The van der Waals surface area contributed by atoms with Crippen molar-refractivity contribution in [3.05, 3.63) is 30.5 Å². The first kappa shape index (κ1) is 7.31. The third kappa shape index (κ3) is 1.19. The Kier molecular flexibility index (Phi) is 1.80. The minimum absolute atomic E-state index is 0.426. The van der Waals surface area contributed by atoms with Crippen LogP contribution in [0.1, 0.15) is 0 Å². The molecule has 4 heteroatoms. The van der Waals surface area contributed by atoms with Crippen LogP contribution in [0, 0.1) is 0 Å². The molecule has 2 aromatic rings. The summed E-state index contributed by atoms with van der Waals surface area (Å²) in [6.07, 6.45) is 1.73. The van der Waals surface area contributed by atoms with E-state index in [9.17, 15) is 0 Å². The van der Waals surface area contributed by atoms with Crippen molar-refractivity contribution >= 4 is 28.6 Å². The first-order valence-electron chi connectivity index (χ1n) is 3.48. The maximum atomic E-state index is 5.35. The molecular formula is C8H6ClN3. The second-order valence-corrected chi connectivity index (χ2v) is 2.54. The van der Waals surface area contributed by atoms with E-state index in [4.69, 9.17) is 11.8 Å². The zero-order valence-corrected chi connectivity index (χ0v) is 6.92. The number of hydrogen-bond donors (Lipinski definition) is 1. The molecule has 2 rings (SSSR count). The molecule has 0 saturated heterocycles. The predicted molar refractivity (Wildman–Crippen MR) is 49.0 cm³/mol. The average molecular weight is 180 g/mol. The third-order valence-electron chi connectivity index (χ3n) is 1.57. The molecule has 60 valence electrons. The van der Waals surface area contributed by atoms with Gasteiger partial charge in [-0.25, -0.2) is 9.97 Å². The van der Waals surface area contributed by atoms with E-state index in [1.807, 2.05) is 24.3 Å². The van der Waals surface area contributed by atoms with E-state index in [0.717, 1.165) is 10.9 Å². The summed E-state index contributed by atoms with van der Waals surface area (Å²) in [5.41, 5.74) is 0.885. The lowest BCUT2D eigenvalue weighted by Gasteiger charge is -1.97. The largest absolute Gasteiger partial charge is 0.266 e. The van der Waals surface area contributed by atoms with Crippen molar-refractivity contribution < 1.29 is 0 Å². The Labute approximate surface area is 74.5 Å². The molecule has 1 heterocycles. The van der Waals surface area contributed by atoms with Crippen LogP contribution in [-0.2, 0) is 0 Å². The van der Waals surface area contributed by atoms with E-state index in [1.165, 1.54) is 0 Å². The van der Waals surface area contributed by atoms with Crippen LogP contribution in [0.4, 0.5) is 5.95 Å². The first-order valence-corrected chi connectivity index (χ1v) is 3.86. The molecule has 12 heavy (non-hydrogen) atoms. The maximum absolute atomic E-state index is 5.35. The standard InChI is InChI=1S/C8H6ClN3/c9-12-8-10-5-6-3-1-2-4-7(6)11-8/h1-5H,(H,10,11,12). The number of aromatic nitrogens is 2. The third-order valence-corrected chi connectivity index (χ3v) is 1.74. The molecule has 1 N–H and O–H groups in total. The summed E-state index contributed by atoms with van der Waals surface area (Å²) in [5.74, 6) is 0.426. The Hall–Kier alpha value is -1.35. The van der Waals surface area contributed by atoms with Crippen molar-refractivity contribution in [2.24, 2.45) is 0 Å². The normalized spacial score (nSPS) is 10.1. The van der Waals surface area contributed by atoms with Gasteiger partial charge in [-0.05, 0) is 6.07 Å². The zero-order chi connectivity index (χ0) is 8.39. The molecule has 0 spiro atoms. The van der Waals surface area contributed by atoms with Gasteiger partial charge < -0.3 is 0 Å². The highest BCUT2D eigenvalue weighted by Crippen LogP contribution is 2.11. The number of rotatable bonds is 1. The minimum Gasteiger partial charge on any atom is -0.266 e. The van der Waals surface area contributed by atoms with Gasteiger partial charge in [0, 0.05) is 23.4 Å². The molecule has 0 radical (unpaired) electrons. The summed E-state index contributed by atoms with van der Waals surface area (Å²) in [6, 6.07) is 7.73. The topological polar surface area (TPSA) is 37.8 Å². The molecule has 0 bridgehead atoms. The van der Waals surface area contributed by atoms with Gasteiger partial charge in [0.15, 0.2) is 0 Å². The number of nitrogens with one attached hydrogen (secondary N) is 1. The number of nitrogens with zero attached hydrogens (tertiary/aromatic N) is 2. The SMILES string of the molecule is ClNc1ncc2ccccc2n1. The monoisotopic (exact) mass is 179 g/mol. The van der Waals surface area contributed by atoms with Gasteiger partial charge in [0.2, 0.25) is 5.95 Å². The van der Waals surface area contributed by atoms with Gasteiger partial charge in [-0.3, -0.25) is 4.84 Å². The van der Waals surface area contributed by atoms with Crippen LogP contribution < -0.4 is 4.84 Å². The molecule has 0 unspecified atom stereocenters. The molecule has 1 aromatic carbocycles. The van der Waals surface area contributed by atoms with Gasteiger partial charge >= 0.3 is 0 Å². The van der Waals surface area contributed by atoms with E-state index in [1.54, 1.807) is 6.20 Å². The molecule has 1 aromatic heterocycles. The number of benzene rings is 1. The second kappa shape index (κ2) is 2.95. The van der Waals surface area contributed by atoms with Crippen molar-refractivity contribution in [1.82, 2.24) is 9.97 Å². The zero-order valence-electron chi connectivity index (χ0n) is 6.16. The van der Waals surface area contributed by atoms with Crippen LogP contribution in [0.3, 0.4) is 0 Å². The van der Waals surface area contributed by atoms with Crippen LogP contribution >= 0.6 is 11.8 Å².